The van der Waals surface area contributed by atoms with Gasteiger partial charge >= 0.3 is 0 Å². The number of hydrogen-bond donors (Lipinski definition) is 1. The molecular weight excluding hydrogens is 268 g/mol. The van der Waals surface area contributed by atoms with Crippen molar-refractivity contribution in [1.29, 1.82) is 0 Å². The molecule has 0 spiro atoms. The molecule has 1 aromatic carbocycles. The van der Waals surface area contributed by atoms with Crippen LogP contribution in [0.1, 0.15) is 45.6 Å². The summed E-state index contributed by atoms with van der Waals surface area (Å²) in [4.78, 5) is 2.77. The van der Waals surface area contributed by atoms with Gasteiger partial charge in [-0.2, -0.15) is 0 Å². The molecule has 2 aliphatic rings. The Kier molecular flexibility index (Phi) is 5.20. The van der Waals surface area contributed by atoms with Crippen molar-refractivity contribution in [2.45, 2.75) is 58.7 Å². The highest BCUT2D eigenvalue weighted by molar-refractivity contribution is 5.14. The Morgan fingerprint density at radius 1 is 1.05 bits per heavy atom. The predicted octanol–water partition coefficient (Wildman–Crippen LogP) is 3.92. The first-order valence-electron chi connectivity index (χ1n) is 9.15. The molecule has 122 valence electrons. The molecule has 0 amide bonds. The van der Waals surface area contributed by atoms with Crippen molar-refractivity contribution in [3.8, 4) is 0 Å². The van der Waals surface area contributed by atoms with Crippen LogP contribution in [0.2, 0.25) is 0 Å². The van der Waals surface area contributed by atoms with E-state index in [1.54, 1.807) is 0 Å². The molecule has 3 rings (SSSR count). The molecule has 1 saturated heterocycles. The number of nitrogens with one attached hydrogen (secondary N) is 1. The van der Waals surface area contributed by atoms with Gasteiger partial charge < -0.3 is 5.32 Å². The summed E-state index contributed by atoms with van der Waals surface area (Å²) in [5.74, 6) is 2.60. The summed E-state index contributed by atoms with van der Waals surface area (Å²) in [6.07, 6.45) is 4.23. The van der Waals surface area contributed by atoms with Gasteiger partial charge in [0.05, 0.1) is 0 Å². The van der Waals surface area contributed by atoms with E-state index in [4.69, 9.17) is 0 Å². The fraction of sp³-hybridized carbons (Fsp3) is 0.700. The maximum absolute atomic E-state index is 3.83. The lowest BCUT2D eigenvalue weighted by Crippen LogP contribution is -2.53. The highest BCUT2D eigenvalue weighted by Crippen LogP contribution is 2.37. The Morgan fingerprint density at radius 2 is 1.77 bits per heavy atom. The minimum absolute atomic E-state index is 0.641. The smallest absolute Gasteiger partial charge is 0.0208 e. The number of piperidine rings is 1. The number of rotatable bonds is 6. The van der Waals surface area contributed by atoms with Crippen LogP contribution < -0.4 is 5.32 Å². The lowest BCUT2D eigenvalue weighted by molar-refractivity contribution is 0.0755. The number of nitrogens with zero attached hydrogens (tertiary/aromatic N) is 1. The summed E-state index contributed by atoms with van der Waals surface area (Å²) in [6.45, 7) is 10.8. The van der Waals surface area contributed by atoms with Gasteiger partial charge in [-0.1, -0.05) is 44.2 Å². The fourth-order valence-electron chi connectivity index (χ4n) is 3.87. The number of likely N-dealkylation sites (tertiary alicyclic amines) is 1. The Balaban J connectivity index is 1.59. The second-order valence-electron chi connectivity index (χ2n) is 7.84. The summed E-state index contributed by atoms with van der Waals surface area (Å²) in [5.41, 5.74) is 1.40. The molecule has 22 heavy (non-hydrogen) atoms. The first-order valence-corrected chi connectivity index (χ1v) is 9.15. The van der Waals surface area contributed by atoms with Crippen LogP contribution in [0.5, 0.6) is 0 Å². The second kappa shape index (κ2) is 7.14. The van der Waals surface area contributed by atoms with Gasteiger partial charge in [0.15, 0.2) is 0 Å². The van der Waals surface area contributed by atoms with Crippen molar-refractivity contribution in [2.24, 2.45) is 17.8 Å². The molecule has 2 fully saturated rings. The van der Waals surface area contributed by atoms with Gasteiger partial charge in [-0.3, -0.25) is 4.90 Å². The molecule has 2 heteroatoms. The zero-order valence-electron chi connectivity index (χ0n) is 14.5. The number of benzene rings is 1. The van der Waals surface area contributed by atoms with Gasteiger partial charge in [0.1, 0.15) is 0 Å². The molecule has 2 nitrogen and oxygen atoms in total. The zero-order chi connectivity index (χ0) is 15.5. The lowest BCUT2D eigenvalue weighted by Gasteiger charge is -2.43. The average Bonchev–Trinajstić information content (AvgIpc) is 3.38. The summed E-state index contributed by atoms with van der Waals surface area (Å²) in [5, 5.41) is 3.83. The summed E-state index contributed by atoms with van der Waals surface area (Å²) < 4.78 is 0. The van der Waals surface area contributed by atoms with Crippen LogP contribution in [0.15, 0.2) is 30.3 Å². The van der Waals surface area contributed by atoms with Crippen molar-refractivity contribution in [3.63, 3.8) is 0 Å². The van der Waals surface area contributed by atoms with Crippen LogP contribution >= 0.6 is 0 Å². The van der Waals surface area contributed by atoms with Crippen molar-refractivity contribution in [1.82, 2.24) is 10.2 Å². The maximum atomic E-state index is 3.83. The van der Waals surface area contributed by atoms with E-state index in [1.807, 2.05) is 0 Å². The monoisotopic (exact) mass is 300 g/mol. The molecule has 1 saturated carbocycles. The Labute approximate surface area is 136 Å². The largest absolute Gasteiger partial charge is 0.309 e. The molecule has 1 aliphatic heterocycles. The van der Waals surface area contributed by atoms with Crippen LogP contribution in [-0.4, -0.2) is 30.1 Å². The average molecular weight is 300 g/mol. The third-order valence-corrected chi connectivity index (χ3v) is 5.77. The Bertz CT molecular complexity index is 452. The van der Waals surface area contributed by atoms with E-state index in [0.29, 0.717) is 6.04 Å². The molecular formula is C20H32N2. The topological polar surface area (TPSA) is 15.3 Å². The Hall–Kier alpha value is -0.860. The standard InChI is InChI=1S/C20H32N2/c1-15(2)19-11-20(21-12-17-7-5-4-6-8-17)14-22(13-19)16(3)18-9-10-18/h4-8,15-16,18-21H,9-14H2,1-3H3. The molecule has 1 aliphatic carbocycles. The van der Waals surface area contributed by atoms with E-state index < -0.39 is 0 Å². The van der Waals surface area contributed by atoms with Crippen LogP contribution in [-0.2, 0) is 6.54 Å². The van der Waals surface area contributed by atoms with Crippen LogP contribution in [0.25, 0.3) is 0 Å². The van der Waals surface area contributed by atoms with Crippen LogP contribution in [0.4, 0.5) is 0 Å². The van der Waals surface area contributed by atoms with Gasteiger partial charge in [0.25, 0.3) is 0 Å². The minimum Gasteiger partial charge on any atom is -0.309 e. The van der Waals surface area contributed by atoms with Crippen molar-refractivity contribution in [3.05, 3.63) is 35.9 Å². The van der Waals surface area contributed by atoms with Gasteiger partial charge in [0, 0.05) is 31.7 Å². The molecule has 0 bridgehead atoms. The maximum Gasteiger partial charge on any atom is 0.0208 e. The molecule has 1 aromatic rings. The fourth-order valence-corrected chi connectivity index (χ4v) is 3.87. The quantitative estimate of drug-likeness (QED) is 0.856. The van der Waals surface area contributed by atoms with E-state index in [2.05, 4.69) is 61.3 Å². The summed E-state index contributed by atoms with van der Waals surface area (Å²) in [7, 11) is 0. The third kappa shape index (κ3) is 4.11. The highest BCUT2D eigenvalue weighted by Gasteiger charge is 2.37. The number of hydrogen-bond acceptors (Lipinski definition) is 2. The van der Waals surface area contributed by atoms with Crippen LogP contribution in [0, 0.1) is 17.8 Å². The first kappa shape index (κ1) is 16.0. The molecule has 0 radical (unpaired) electrons. The van der Waals surface area contributed by atoms with E-state index in [0.717, 1.165) is 30.3 Å². The van der Waals surface area contributed by atoms with Crippen LogP contribution in [0.3, 0.4) is 0 Å². The molecule has 3 atom stereocenters. The van der Waals surface area contributed by atoms with Gasteiger partial charge in [-0.05, 0) is 49.5 Å². The molecule has 1 N–H and O–H groups in total. The van der Waals surface area contributed by atoms with E-state index in [1.165, 1.54) is 37.9 Å². The summed E-state index contributed by atoms with van der Waals surface area (Å²) >= 11 is 0. The second-order valence-corrected chi connectivity index (χ2v) is 7.84. The normalized spacial score (nSPS) is 28.0. The van der Waals surface area contributed by atoms with Crippen molar-refractivity contribution < 1.29 is 0 Å². The zero-order valence-corrected chi connectivity index (χ0v) is 14.5. The summed E-state index contributed by atoms with van der Waals surface area (Å²) in [6, 6.07) is 12.2. The van der Waals surface area contributed by atoms with E-state index in [9.17, 15) is 0 Å². The minimum atomic E-state index is 0.641. The third-order valence-electron chi connectivity index (χ3n) is 5.77. The van der Waals surface area contributed by atoms with Crippen molar-refractivity contribution in [2.75, 3.05) is 13.1 Å². The molecule has 3 unspecified atom stereocenters. The van der Waals surface area contributed by atoms with E-state index >= 15 is 0 Å². The highest BCUT2D eigenvalue weighted by atomic mass is 15.2. The van der Waals surface area contributed by atoms with Crippen molar-refractivity contribution >= 4 is 0 Å². The Morgan fingerprint density at radius 3 is 2.41 bits per heavy atom. The molecule has 0 aromatic heterocycles. The van der Waals surface area contributed by atoms with E-state index in [-0.39, 0.29) is 0 Å². The molecule has 1 heterocycles. The lowest BCUT2D eigenvalue weighted by atomic mass is 9.84. The predicted molar refractivity (Wildman–Crippen MR) is 93.8 cm³/mol. The van der Waals surface area contributed by atoms with Gasteiger partial charge in [-0.25, -0.2) is 0 Å². The first-order chi connectivity index (χ1) is 10.6. The van der Waals surface area contributed by atoms with Gasteiger partial charge in [-0.15, -0.1) is 0 Å². The SMILES string of the molecule is CC(C)C1CC(NCc2ccccc2)CN(C(C)C2CC2)C1. The van der Waals surface area contributed by atoms with Gasteiger partial charge in [0.2, 0.25) is 0 Å².